The van der Waals surface area contributed by atoms with Gasteiger partial charge in [0.1, 0.15) is 5.84 Å². The first kappa shape index (κ1) is 13.5. The zero-order chi connectivity index (χ0) is 16.0. The van der Waals surface area contributed by atoms with Gasteiger partial charge in [-0.1, -0.05) is 91.0 Å². The van der Waals surface area contributed by atoms with Gasteiger partial charge in [-0.25, -0.2) is 4.99 Å². The molecule has 2 aliphatic rings. The molecule has 0 aliphatic carbocycles. The molecule has 1 fully saturated rings. The van der Waals surface area contributed by atoms with Crippen molar-refractivity contribution in [1.82, 2.24) is 5.32 Å². The Hall–Kier alpha value is -2.91. The fraction of sp³-hybridized carbons (Fsp3) is 0.0952. The number of fused-ring (bicyclic) bond motifs is 1. The summed E-state index contributed by atoms with van der Waals surface area (Å²) in [6.45, 7) is 0. The van der Waals surface area contributed by atoms with Crippen LogP contribution in [0.4, 0.5) is 0 Å². The molecule has 5 rings (SSSR count). The Morgan fingerprint density at radius 1 is 0.667 bits per heavy atom. The highest BCUT2D eigenvalue weighted by molar-refractivity contribution is 6.01. The van der Waals surface area contributed by atoms with Crippen LogP contribution in [-0.2, 0) is 16.2 Å². The van der Waals surface area contributed by atoms with Gasteiger partial charge in [0.15, 0.2) is 0 Å². The molecule has 2 unspecified atom stereocenters. The number of nitrogens with zero attached hydrogens (tertiary/aromatic N) is 1. The van der Waals surface area contributed by atoms with E-state index in [0.29, 0.717) is 0 Å². The van der Waals surface area contributed by atoms with Crippen LogP contribution in [0, 0.1) is 0 Å². The van der Waals surface area contributed by atoms with Crippen LogP contribution in [-0.4, -0.2) is 5.84 Å². The monoisotopic (exact) mass is 312 g/mol. The molecular formula is C21H16N2O. The normalized spacial score (nSPS) is 27.1. The van der Waals surface area contributed by atoms with Gasteiger partial charge in [0.25, 0.3) is 0 Å². The fourth-order valence-corrected chi connectivity index (χ4v) is 3.48. The van der Waals surface area contributed by atoms with E-state index in [0.717, 1.165) is 22.5 Å². The average molecular weight is 312 g/mol. The lowest BCUT2D eigenvalue weighted by Gasteiger charge is -2.14. The van der Waals surface area contributed by atoms with Gasteiger partial charge in [-0.2, -0.15) is 0 Å². The Kier molecular flexibility index (Phi) is 2.70. The Labute approximate surface area is 140 Å². The molecule has 0 spiro atoms. The molecule has 24 heavy (non-hydrogen) atoms. The number of nitrogens with one attached hydrogen (secondary N) is 1. The van der Waals surface area contributed by atoms with Gasteiger partial charge in [-0.05, 0) is 0 Å². The number of hydrogen-bond acceptors (Lipinski definition) is 3. The van der Waals surface area contributed by atoms with Gasteiger partial charge in [-0.3, -0.25) is 0 Å². The van der Waals surface area contributed by atoms with Gasteiger partial charge in [-0.15, -0.1) is 0 Å². The SMILES string of the molecule is c1ccc(C2=NC3(c4ccccc4)OC3(c3ccccc3)N2)cc1. The van der Waals surface area contributed by atoms with Gasteiger partial charge < -0.3 is 10.1 Å². The second kappa shape index (κ2) is 4.79. The Bertz CT molecular complexity index is 908. The summed E-state index contributed by atoms with van der Waals surface area (Å²) in [5.41, 5.74) is 1.90. The highest BCUT2D eigenvalue weighted by Gasteiger charge is 2.76. The third kappa shape index (κ3) is 1.73. The summed E-state index contributed by atoms with van der Waals surface area (Å²) in [6, 6.07) is 30.6. The van der Waals surface area contributed by atoms with Crippen molar-refractivity contribution in [2.75, 3.05) is 0 Å². The number of rotatable bonds is 3. The van der Waals surface area contributed by atoms with E-state index in [2.05, 4.69) is 41.7 Å². The van der Waals surface area contributed by atoms with Crippen LogP contribution in [0.15, 0.2) is 96.0 Å². The highest BCUT2D eigenvalue weighted by atomic mass is 16.7. The summed E-state index contributed by atoms with van der Waals surface area (Å²) in [6.07, 6.45) is 0. The first-order valence-electron chi connectivity index (χ1n) is 8.09. The maximum absolute atomic E-state index is 6.25. The molecule has 3 aromatic carbocycles. The molecule has 2 atom stereocenters. The summed E-state index contributed by atoms with van der Waals surface area (Å²) in [5.74, 6) is 0.870. The maximum Gasteiger partial charge on any atom is 0.242 e. The number of aliphatic imine (C=N–C) groups is 1. The molecule has 0 aromatic heterocycles. The first-order valence-corrected chi connectivity index (χ1v) is 8.09. The molecule has 1 N–H and O–H groups in total. The molecule has 1 saturated heterocycles. The lowest BCUT2D eigenvalue weighted by molar-refractivity contribution is 0.246. The second-order valence-corrected chi connectivity index (χ2v) is 6.11. The maximum atomic E-state index is 6.25. The van der Waals surface area contributed by atoms with Crippen molar-refractivity contribution in [1.29, 1.82) is 0 Å². The zero-order valence-electron chi connectivity index (χ0n) is 13.0. The Balaban J connectivity index is 1.66. The van der Waals surface area contributed by atoms with Crippen LogP contribution in [0.5, 0.6) is 0 Å². The van der Waals surface area contributed by atoms with Crippen LogP contribution in [0.25, 0.3) is 0 Å². The minimum absolute atomic E-state index is 0.624. The van der Waals surface area contributed by atoms with Gasteiger partial charge >= 0.3 is 0 Å². The molecule has 0 radical (unpaired) electrons. The summed E-state index contributed by atoms with van der Waals surface area (Å²) in [4.78, 5) is 4.97. The second-order valence-electron chi connectivity index (χ2n) is 6.11. The number of ether oxygens (including phenoxy) is 1. The lowest BCUT2D eigenvalue weighted by atomic mass is 9.95. The molecule has 0 saturated carbocycles. The molecular weight excluding hydrogens is 296 g/mol. The van der Waals surface area contributed by atoms with Crippen molar-refractivity contribution in [2.45, 2.75) is 11.4 Å². The fourth-order valence-electron chi connectivity index (χ4n) is 3.48. The van der Waals surface area contributed by atoms with Crippen molar-refractivity contribution in [3.8, 4) is 0 Å². The smallest absolute Gasteiger partial charge is 0.242 e. The molecule has 2 aliphatic heterocycles. The van der Waals surface area contributed by atoms with Crippen molar-refractivity contribution < 1.29 is 4.74 Å². The minimum atomic E-state index is -0.694. The van der Waals surface area contributed by atoms with E-state index in [4.69, 9.17) is 9.73 Å². The van der Waals surface area contributed by atoms with Crippen molar-refractivity contribution in [3.63, 3.8) is 0 Å². The van der Waals surface area contributed by atoms with Crippen molar-refractivity contribution in [2.24, 2.45) is 4.99 Å². The molecule has 2 heterocycles. The van der Waals surface area contributed by atoms with Gasteiger partial charge in [0.2, 0.25) is 11.4 Å². The Morgan fingerprint density at radius 2 is 1.21 bits per heavy atom. The molecule has 0 bridgehead atoms. The summed E-state index contributed by atoms with van der Waals surface area (Å²) in [5, 5.41) is 3.54. The van der Waals surface area contributed by atoms with Gasteiger partial charge in [0.05, 0.1) is 0 Å². The van der Waals surface area contributed by atoms with Crippen LogP contribution in [0.2, 0.25) is 0 Å². The zero-order valence-corrected chi connectivity index (χ0v) is 13.0. The summed E-state index contributed by atoms with van der Waals surface area (Å²) in [7, 11) is 0. The third-order valence-electron chi connectivity index (χ3n) is 4.69. The quantitative estimate of drug-likeness (QED) is 0.747. The van der Waals surface area contributed by atoms with E-state index in [9.17, 15) is 0 Å². The number of hydrogen-bond donors (Lipinski definition) is 1. The molecule has 0 amide bonds. The number of amidine groups is 1. The van der Waals surface area contributed by atoms with Crippen LogP contribution < -0.4 is 5.32 Å². The lowest BCUT2D eigenvalue weighted by Crippen LogP contribution is -2.34. The molecule has 3 heteroatoms. The van der Waals surface area contributed by atoms with E-state index >= 15 is 0 Å². The van der Waals surface area contributed by atoms with Crippen molar-refractivity contribution >= 4 is 5.84 Å². The van der Waals surface area contributed by atoms with E-state index in [1.54, 1.807) is 0 Å². The van der Waals surface area contributed by atoms with Gasteiger partial charge in [0, 0.05) is 16.7 Å². The van der Waals surface area contributed by atoms with Crippen molar-refractivity contribution in [3.05, 3.63) is 108 Å². The summed E-state index contributed by atoms with van der Waals surface area (Å²) >= 11 is 0. The topological polar surface area (TPSA) is 36.9 Å². The van der Waals surface area contributed by atoms with E-state index in [1.807, 2.05) is 54.6 Å². The standard InChI is InChI=1S/C21H16N2O/c1-4-10-16(11-5-1)19-22-20(17-12-6-2-7-13-17)21(23-19,24-20)18-14-8-3-9-15-18/h1-15H,(H,22,23). The Morgan fingerprint density at radius 3 is 1.83 bits per heavy atom. The molecule has 3 aromatic rings. The van der Waals surface area contributed by atoms with E-state index in [-0.39, 0.29) is 0 Å². The molecule has 3 nitrogen and oxygen atoms in total. The van der Waals surface area contributed by atoms with Crippen LogP contribution >= 0.6 is 0 Å². The van der Waals surface area contributed by atoms with E-state index in [1.165, 1.54) is 0 Å². The number of benzene rings is 3. The first-order chi connectivity index (χ1) is 11.8. The molecule has 116 valence electrons. The predicted octanol–water partition coefficient (Wildman–Crippen LogP) is 3.77. The summed E-state index contributed by atoms with van der Waals surface area (Å²) < 4.78 is 6.25. The van der Waals surface area contributed by atoms with Crippen LogP contribution in [0.1, 0.15) is 16.7 Å². The van der Waals surface area contributed by atoms with Crippen LogP contribution in [0.3, 0.4) is 0 Å². The minimum Gasteiger partial charge on any atom is -0.334 e. The predicted molar refractivity (Wildman–Crippen MR) is 93.4 cm³/mol. The largest absolute Gasteiger partial charge is 0.334 e. The third-order valence-corrected chi connectivity index (χ3v) is 4.69. The average Bonchev–Trinajstić information content (AvgIpc) is 3.21. The highest BCUT2D eigenvalue weighted by Crippen LogP contribution is 2.64. The van der Waals surface area contributed by atoms with E-state index < -0.39 is 11.4 Å². The number of epoxide rings is 1.